The van der Waals surface area contributed by atoms with E-state index in [9.17, 15) is 10.0 Å². The molecule has 0 saturated heterocycles. The third-order valence-corrected chi connectivity index (χ3v) is 23.4. The van der Waals surface area contributed by atoms with Gasteiger partial charge in [0, 0.05) is 44.7 Å². The molecule has 4 heterocycles. The molecule has 0 fully saturated rings. The molecule has 10 heteroatoms. The summed E-state index contributed by atoms with van der Waals surface area (Å²) in [5.41, 5.74) is 30.0. The van der Waals surface area contributed by atoms with Gasteiger partial charge in [0.1, 0.15) is 0 Å². The first kappa shape index (κ1) is 62.1. The van der Waals surface area contributed by atoms with Crippen LogP contribution in [0.15, 0.2) is 352 Å². The molecule has 1 unspecified atom stereocenters. The first-order valence-electron chi connectivity index (χ1n) is 36.5. The van der Waals surface area contributed by atoms with E-state index < -0.39 is 17.9 Å². The van der Waals surface area contributed by atoms with E-state index in [1.54, 1.807) is 6.07 Å². The Hall–Kier alpha value is -13.3. The van der Waals surface area contributed by atoms with Crippen molar-refractivity contribution in [2.24, 2.45) is 0 Å². The van der Waals surface area contributed by atoms with Gasteiger partial charge in [-0.3, -0.25) is 0 Å². The van der Waals surface area contributed by atoms with Crippen molar-refractivity contribution < 1.29 is 33.6 Å². The monoisotopic (exact) mass is 1410 g/mol. The van der Waals surface area contributed by atoms with Crippen molar-refractivity contribution in [1.29, 1.82) is 0 Å². The maximum absolute atomic E-state index is 9.44. The number of hydrogen-bond donors (Lipinski definition) is 2. The van der Waals surface area contributed by atoms with Crippen molar-refractivity contribution in [1.82, 2.24) is 4.57 Å². The molecule has 0 amide bonds. The normalized spacial score (nSPS) is 14.4. The Morgan fingerprint density at radius 2 is 0.713 bits per heavy atom. The van der Waals surface area contributed by atoms with Crippen molar-refractivity contribution in [3.8, 4) is 118 Å². The van der Waals surface area contributed by atoms with Gasteiger partial charge in [-0.1, -0.05) is 242 Å². The molecule has 7 aliphatic rings. The van der Waals surface area contributed by atoms with Gasteiger partial charge >= 0.3 is 7.12 Å². The quantitative estimate of drug-likeness (QED) is 0.135. The lowest BCUT2D eigenvalue weighted by Gasteiger charge is -2.31. The van der Waals surface area contributed by atoms with E-state index in [0.29, 0.717) is 5.46 Å². The molecule has 2 aliphatic heterocycles. The predicted octanol–water partition coefficient (Wildman–Crippen LogP) is 22.5. The van der Waals surface area contributed by atoms with Gasteiger partial charge in [-0.15, -0.1) is 0 Å². The zero-order valence-corrected chi connectivity index (χ0v) is 58.7. The molecule has 0 radical (unpaired) electrons. The number of benzene rings is 15. The van der Waals surface area contributed by atoms with E-state index in [1.807, 2.05) is 97.1 Å². The second kappa shape index (κ2) is 23.9. The Morgan fingerprint density at radius 1 is 0.296 bits per heavy atom. The summed E-state index contributed by atoms with van der Waals surface area (Å²) in [6.07, 6.45) is 4.12. The standard InChI is InChI=1S/C49H29NO2.C31H17ClO2.C18H15BNO2/c1-2-12-32(13-3-1)50-43-19-9-6-16-36(43)38-26-30(23-25-44(38)50)31-22-24-35-37-28-47-48(52-46-21-11-10-20-45(46)51-47)29-42(37)49(41(35)27-31)39-17-7-4-14-33(39)34-15-5-8-18-40(34)49;32-18-13-14-21-22-16-29-30(34-28-12-6-5-11-27(28)33-29)17-26(22)31(25(21)15-18)23-9-3-1-7-19(23)20-8-2-4-10-24(20)31;21-19(22)13-8-9-16-17(12-13)14-6-2-3-7-15(14)18(16)20-10-4-1-5-11-20/h1-29H;1-17H;1-12,18,21-22H/q;;+1. The predicted molar refractivity (Wildman–Crippen MR) is 429 cm³/mol. The van der Waals surface area contributed by atoms with Crippen molar-refractivity contribution in [2.75, 3.05) is 0 Å². The van der Waals surface area contributed by atoms with Crippen LogP contribution in [0.1, 0.15) is 61.7 Å². The minimum atomic E-state index is -1.44. The van der Waals surface area contributed by atoms with E-state index in [2.05, 4.69) is 258 Å². The second-order valence-electron chi connectivity index (χ2n) is 28.6. The van der Waals surface area contributed by atoms with Crippen molar-refractivity contribution >= 4 is 46.0 Å². The Kier molecular flexibility index (Phi) is 13.7. The fraction of sp³-hybridized carbons (Fsp3) is 0.0306. The third kappa shape index (κ3) is 8.98. The van der Waals surface area contributed by atoms with Gasteiger partial charge in [0.15, 0.2) is 58.4 Å². The number of nitrogens with zero attached hydrogens (tertiary/aromatic N) is 2. The van der Waals surface area contributed by atoms with Crippen LogP contribution in [-0.2, 0) is 10.8 Å². The maximum Gasteiger partial charge on any atom is 0.488 e. The summed E-state index contributed by atoms with van der Waals surface area (Å²) in [7, 11) is -1.44. The highest BCUT2D eigenvalue weighted by atomic mass is 35.5. The van der Waals surface area contributed by atoms with Gasteiger partial charge in [0.25, 0.3) is 0 Å². The SMILES string of the molecule is Clc1ccc2c(c1)C1(c3ccccc3-c3ccccc31)c1cc3c(cc1-2)Oc1ccccc1O3.OB(O)c1ccc2c(c1)-c1ccccc1C2[n+]1ccccc1.c1ccc(-n2c3ccccc3c3cc(-c4ccc5c(c4)C4(c6ccccc6-c6ccccc64)c4cc6c(cc4-5)Oc4ccccc4O6)ccc32)cc1. The number of fused-ring (bicyclic) bond motifs is 30. The van der Waals surface area contributed by atoms with Crippen molar-refractivity contribution in [2.45, 2.75) is 16.9 Å². The summed E-state index contributed by atoms with van der Waals surface area (Å²) >= 11 is 6.62. The fourth-order valence-electron chi connectivity index (χ4n) is 18.7. The minimum Gasteiger partial charge on any atom is -0.450 e. The van der Waals surface area contributed by atoms with Gasteiger partial charge in [-0.2, -0.15) is 4.57 Å². The van der Waals surface area contributed by atoms with E-state index in [4.69, 9.17) is 30.5 Å². The number of pyridine rings is 1. The first-order chi connectivity index (χ1) is 53.3. The van der Waals surface area contributed by atoms with Crippen molar-refractivity contribution in [3.63, 3.8) is 0 Å². The van der Waals surface area contributed by atoms with E-state index in [0.717, 1.165) is 73.4 Å². The Balaban J connectivity index is 0.000000110. The highest BCUT2D eigenvalue weighted by Gasteiger charge is 2.54. The van der Waals surface area contributed by atoms with Crippen LogP contribution in [0.3, 0.4) is 0 Å². The molecular weight excluding hydrogens is 1350 g/mol. The summed E-state index contributed by atoms with van der Waals surface area (Å²) in [6.45, 7) is 0. The number of rotatable bonds is 4. The average Bonchev–Trinajstić information content (AvgIpc) is 1.51. The van der Waals surface area contributed by atoms with Gasteiger partial charge in [0.05, 0.1) is 21.9 Å². The number of aromatic nitrogens is 2. The topological polar surface area (TPSA) is 86.2 Å². The van der Waals surface area contributed by atoms with Gasteiger partial charge < -0.3 is 33.6 Å². The molecule has 8 nitrogen and oxygen atoms in total. The lowest BCUT2D eigenvalue weighted by Crippen LogP contribution is -2.39. The lowest BCUT2D eigenvalue weighted by molar-refractivity contribution is -0.704. The van der Waals surface area contributed by atoms with Gasteiger partial charge in [-0.05, 0) is 214 Å². The Morgan fingerprint density at radius 3 is 1.28 bits per heavy atom. The van der Waals surface area contributed by atoms with Crippen LogP contribution in [0.25, 0.3) is 94.3 Å². The van der Waals surface area contributed by atoms with Gasteiger partial charge in [-0.25, -0.2) is 0 Å². The second-order valence-corrected chi connectivity index (χ2v) is 29.0. The van der Waals surface area contributed by atoms with Crippen LogP contribution < -0.4 is 29.0 Å². The Bertz CT molecular complexity index is 6580. The maximum atomic E-state index is 9.44. The summed E-state index contributed by atoms with van der Waals surface area (Å²) in [4.78, 5) is 0. The molecule has 108 heavy (non-hydrogen) atoms. The molecule has 508 valence electrons. The molecule has 24 rings (SSSR count). The van der Waals surface area contributed by atoms with Crippen LogP contribution in [0.2, 0.25) is 5.02 Å². The van der Waals surface area contributed by atoms with E-state index >= 15 is 0 Å². The van der Waals surface area contributed by atoms with Crippen LogP contribution in [0, 0.1) is 0 Å². The number of hydrogen-bond acceptors (Lipinski definition) is 6. The van der Waals surface area contributed by atoms with Crippen LogP contribution >= 0.6 is 11.6 Å². The summed E-state index contributed by atoms with van der Waals surface area (Å²) in [5.74, 6) is 5.88. The van der Waals surface area contributed by atoms with E-state index in [1.165, 1.54) is 128 Å². The smallest absolute Gasteiger partial charge is 0.450 e. The molecule has 0 bridgehead atoms. The summed E-state index contributed by atoms with van der Waals surface area (Å²) in [5, 5.41) is 22.1. The molecular formula is C98H61BClN2O6+. The Labute approximate surface area is 628 Å². The minimum absolute atomic E-state index is 0.122. The molecule has 2 spiro atoms. The number of para-hydroxylation sites is 6. The van der Waals surface area contributed by atoms with Gasteiger partial charge in [0.2, 0.25) is 6.04 Å². The lowest BCUT2D eigenvalue weighted by atomic mass is 9.70. The zero-order chi connectivity index (χ0) is 71.5. The van der Waals surface area contributed by atoms with Crippen LogP contribution in [-0.4, -0.2) is 21.7 Å². The highest BCUT2D eigenvalue weighted by molar-refractivity contribution is 6.58. The molecule has 17 aromatic rings. The third-order valence-electron chi connectivity index (χ3n) is 23.1. The van der Waals surface area contributed by atoms with Crippen LogP contribution in [0.4, 0.5) is 0 Å². The molecule has 15 aromatic carbocycles. The largest absolute Gasteiger partial charge is 0.488 e. The van der Waals surface area contributed by atoms with Crippen LogP contribution in [0.5, 0.6) is 46.0 Å². The molecule has 1 atom stereocenters. The van der Waals surface area contributed by atoms with Crippen molar-refractivity contribution in [3.05, 3.63) is 413 Å². The fourth-order valence-corrected chi connectivity index (χ4v) is 18.9. The summed E-state index contributed by atoms with van der Waals surface area (Å²) in [6, 6.07) is 119. The highest BCUT2D eigenvalue weighted by Crippen LogP contribution is 2.67. The molecule has 2 N–H and O–H groups in total. The summed E-state index contributed by atoms with van der Waals surface area (Å²) < 4.78 is 30.2. The number of halogens is 1. The van der Waals surface area contributed by atoms with E-state index in [-0.39, 0.29) is 6.04 Å². The first-order valence-corrected chi connectivity index (χ1v) is 36.9. The molecule has 5 aliphatic carbocycles. The molecule has 2 aromatic heterocycles. The number of ether oxygens (including phenoxy) is 4. The zero-order valence-electron chi connectivity index (χ0n) is 57.9. The average molecular weight is 1410 g/mol. The molecule has 0 saturated carbocycles.